The minimum absolute atomic E-state index is 0.313. The summed E-state index contributed by atoms with van der Waals surface area (Å²) in [7, 11) is 2.15. The van der Waals surface area contributed by atoms with Crippen LogP contribution in [0.1, 0.15) is 34.8 Å². The van der Waals surface area contributed by atoms with Crippen molar-refractivity contribution in [2.75, 3.05) is 20.1 Å². The lowest BCUT2D eigenvalue weighted by atomic mass is 9.93. The second-order valence-corrected chi connectivity index (χ2v) is 5.96. The Morgan fingerprint density at radius 1 is 1.27 bits per heavy atom. The lowest BCUT2D eigenvalue weighted by Crippen LogP contribution is -2.31. The molecule has 2 heterocycles. The van der Waals surface area contributed by atoms with Crippen LogP contribution in [-0.2, 0) is 0 Å². The summed E-state index contributed by atoms with van der Waals surface area (Å²) in [5.74, 6) is -0.439. The highest BCUT2D eigenvalue weighted by atomic mass is 16.4. The molecule has 1 atom stereocenters. The Balaban J connectivity index is 1.90. The number of hydrogen-bond donors (Lipinski definition) is 1. The number of nitrogens with zero attached hydrogens (tertiary/aromatic N) is 2. The molecule has 1 N–H and O–H groups in total. The van der Waals surface area contributed by atoms with Crippen LogP contribution in [0.2, 0.25) is 0 Å². The van der Waals surface area contributed by atoms with Crippen LogP contribution in [0.25, 0.3) is 11.1 Å². The molecule has 1 saturated heterocycles. The zero-order valence-electron chi connectivity index (χ0n) is 12.7. The van der Waals surface area contributed by atoms with Crippen molar-refractivity contribution in [3.63, 3.8) is 0 Å². The number of pyridine rings is 1. The minimum atomic E-state index is -0.898. The van der Waals surface area contributed by atoms with E-state index in [1.54, 1.807) is 18.2 Å². The number of hydrogen-bond acceptors (Lipinski definition) is 3. The summed E-state index contributed by atoms with van der Waals surface area (Å²) in [5, 5.41) is 9.13. The molecule has 1 aliphatic rings. The fourth-order valence-electron chi connectivity index (χ4n) is 3.09. The van der Waals surface area contributed by atoms with E-state index >= 15 is 0 Å². The summed E-state index contributed by atoms with van der Waals surface area (Å²) in [4.78, 5) is 18.0. The average Bonchev–Trinajstić information content (AvgIpc) is 2.55. The molecule has 114 valence electrons. The highest BCUT2D eigenvalue weighted by Crippen LogP contribution is 2.28. The van der Waals surface area contributed by atoms with Gasteiger partial charge in [-0.1, -0.05) is 12.1 Å². The van der Waals surface area contributed by atoms with Crippen LogP contribution in [0, 0.1) is 0 Å². The topological polar surface area (TPSA) is 53.4 Å². The quantitative estimate of drug-likeness (QED) is 0.944. The monoisotopic (exact) mass is 296 g/mol. The first-order chi connectivity index (χ1) is 10.6. The Kier molecular flexibility index (Phi) is 4.20. The van der Waals surface area contributed by atoms with Gasteiger partial charge in [0.05, 0.1) is 5.56 Å². The van der Waals surface area contributed by atoms with Gasteiger partial charge in [0.1, 0.15) is 0 Å². The van der Waals surface area contributed by atoms with E-state index in [1.165, 1.54) is 6.42 Å². The van der Waals surface area contributed by atoms with Crippen molar-refractivity contribution in [2.45, 2.75) is 18.8 Å². The summed E-state index contributed by atoms with van der Waals surface area (Å²) in [6.07, 6.45) is 4.18. The summed E-state index contributed by atoms with van der Waals surface area (Å²) in [6.45, 7) is 2.18. The number of aromatic nitrogens is 1. The molecular formula is C18H20N2O2. The van der Waals surface area contributed by atoms with E-state index in [9.17, 15) is 4.79 Å². The zero-order valence-corrected chi connectivity index (χ0v) is 12.7. The summed E-state index contributed by atoms with van der Waals surface area (Å²) in [6, 6.07) is 11.1. The van der Waals surface area contributed by atoms with Gasteiger partial charge in [-0.2, -0.15) is 0 Å². The van der Waals surface area contributed by atoms with Gasteiger partial charge < -0.3 is 10.0 Å². The molecule has 0 aliphatic carbocycles. The number of likely N-dealkylation sites (tertiary alicyclic amines) is 1. The molecule has 1 fully saturated rings. The van der Waals surface area contributed by atoms with Crippen molar-refractivity contribution in [2.24, 2.45) is 0 Å². The highest BCUT2D eigenvalue weighted by molar-refractivity contribution is 5.89. The summed E-state index contributed by atoms with van der Waals surface area (Å²) >= 11 is 0. The lowest BCUT2D eigenvalue weighted by molar-refractivity contribution is 0.0697. The number of benzene rings is 1. The SMILES string of the molecule is CN1CCC[C@@H](c2cc(-c3cccc(C(=O)O)c3)ccn2)C1. The van der Waals surface area contributed by atoms with E-state index in [0.29, 0.717) is 11.5 Å². The Morgan fingerprint density at radius 3 is 2.86 bits per heavy atom. The van der Waals surface area contributed by atoms with Gasteiger partial charge in [-0.05, 0) is 61.8 Å². The van der Waals surface area contributed by atoms with Crippen LogP contribution in [-0.4, -0.2) is 41.1 Å². The molecule has 1 aliphatic heterocycles. The number of carboxylic acids is 1. The molecule has 1 aromatic heterocycles. The van der Waals surface area contributed by atoms with Crippen molar-refractivity contribution in [1.82, 2.24) is 9.88 Å². The average molecular weight is 296 g/mol. The minimum Gasteiger partial charge on any atom is -0.478 e. The molecule has 0 spiro atoms. The van der Waals surface area contributed by atoms with Gasteiger partial charge in [-0.3, -0.25) is 4.98 Å². The highest BCUT2D eigenvalue weighted by Gasteiger charge is 2.20. The van der Waals surface area contributed by atoms with Crippen LogP contribution >= 0.6 is 0 Å². The largest absolute Gasteiger partial charge is 0.478 e. The standard InChI is InChI=1S/C18H20N2O2/c1-20-9-3-6-16(12-20)17-11-14(7-8-19-17)13-4-2-5-15(10-13)18(21)22/h2,4-5,7-8,10-11,16H,3,6,9,12H2,1H3,(H,21,22)/t16-/m1/s1. The van der Waals surface area contributed by atoms with Gasteiger partial charge in [0.2, 0.25) is 0 Å². The molecule has 2 aromatic rings. The van der Waals surface area contributed by atoms with Gasteiger partial charge in [-0.25, -0.2) is 4.79 Å². The number of likely N-dealkylation sites (N-methyl/N-ethyl adjacent to an activating group) is 1. The van der Waals surface area contributed by atoms with E-state index in [-0.39, 0.29) is 0 Å². The van der Waals surface area contributed by atoms with Crippen molar-refractivity contribution < 1.29 is 9.90 Å². The van der Waals surface area contributed by atoms with E-state index in [1.807, 2.05) is 18.3 Å². The van der Waals surface area contributed by atoms with E-state index in [0.717, 1.165) is 36.3 Å². The maximum absolute atomic E-state index is 11.1. The van der Waals surface area contributed by atoms with Gasteiger partial charge in [0, 0.05) is 24.4 Å². The molecule has 22 heavy (non-hydrogen) atoms. The van der Waals surface area contributed by atoms with Crippen molar-refractivity contribution in [1.29, 1.82) is 0 Å². The zero-order chi connectivity index (χ0) is 15.5. The van der Waals surface area contributed by atoms with Gasteiger partial charge >= 0.3 is 5.97 Å². The summed E-state index contributed by atoms with van der Waals surface area (Å²) < 4.78 is 0. The molecule has 0 saturated carbocycles. The first kappa shape index (κ1) is 14.7. The first-order valence-electron chi connectivity index (χ1n) is 7.62. The Labute approximate surface area is 130 Å². The molecule has 4 nitrogen and oxygen atoms in total. The number of carbonyl (C=O) groups is 1. The molecule has 0 amide bonds. The fourth-order valence-corrected chi connectivity index (χ4v) is 3.09. The maximum atomic E-state index is 11.1. The third-order valence-corrected chi connectivity index (χ3v) is 4.27. The Hall–Kier alpha value is -2.20. The lowest BCUT2D eigenvalue weighted by Gasteiger charge is -2.29. The van der Waals surface area contributed by atoms with E-state index < -0.39 is 5.97 Å². The van der Waals surface area contributed by atoms with Gasteiger partial charge in [0.15, 0.2) is 0 Å². The number of rotatable bonds is 3. The number of carboxylic acid groups (broad SMARTS) is 1. The number of piperidine rings is 1. The second kappa shape index (κ2) is 6.28. The van der Waals surface area contributed by atoms with Gasteiger partial charge in [-0.15, -0.1) is 0 Å². The Bertz CT molecular complexity index is 684. The van der Waals surface area contributed by atoms with E-state index in [4.69, 9.17) is 5.11 Å². The third-order valence-electron chi connectivity index (χ3n) is 4.27. The van der Waals surface area contributed by atoms with Gasteiger partial charge in [0.25, 0.3) is 0 Å². The van der Waals surface area contributed by atoms with Crippen molar-refractivity contribution in [3.8, 4) is 11.1 Å². The molecule has 1 aromatic carbocycles. The predicted molar refractivity (Wildman–Crippen MR) is 86.1 cm³/mol. The second-order valence-electron chi connectivity index (χ2n) is 5.96. The van der Waals surface area contributed by atoms with Crippen LogP contribution in [0.15, 0.2) is 42.6 Å². The molecule has 4 heteroatoms. The van der Waals surface area contributed by atoms with Crippen molar-refractivity contribution >= 4 is 5.97 Å². The summed E-state index contributed by atoms with van der Waals surface area (Å²) in [5.41, 5.74) is 3.37. The predicted octanol–water partition coefficient (Wildman–Crippen LogP) is 3.26. The normalized spacial score (nSPS) is 19.0. The fraction of sp³-hybridized carbons (Fsp3) is 0.333. The van der Waals surface area contributed by atoms with Crippen LogP contribution < -0.4 is 0 Å². The molecule has 0 radical (unpaired) electrons. The van der Waals surface area contributed by atoms with Crippen LogP contribution in [0.4, 0.5) is 0 Å². The molecule has 0 bridgehead atoms. The molecular weight excluding hydrogens is 276 g/mol. The molecule has 3 rings (SSSR count). The Morgan fingerprint density at radius 2 is 2.09 bits per heavy atom. The van der Waals surface area contributed by atoms with Crippen molar-refractivity contribution in [3.05, 3.63) is 53.9 Å². The van der Waals surface area contributed by atoms with E-state index in [2.05, 4.69) is 23.0 Å². The maximum Gasteiger partial charge on any atom is 0.335 e. The van der Waals surface area contributed by atoms with Crippen LogP contribution in [0.5, 0.6) is 0 Å². The molecule has 0 unspecified atom stereocenters. The van der Waals surface area contributed by atoms with Crippen LogP contribution in [0.3, 0.4) is 0 Å². The number of aromatic carboxylic acids is 1. The smallest absolute Gasteiger partial charge is 0.335 e. The third kappa shape index (κ3) is 3.17. The first-order valence-corrected chi connectivity index (χ1v) is 7.62.